The molecule has 6 N–H and O–H groups in total. The fourth-order valence-electron chi connectivity index (χ4n) is 3.41. The first-order valence-electron chi connectivity index (χ1n) is 8.99. The molecule has 0 aromatic carbocycles. The molecule has 9 heteroatoms. The Hall–Kier alpha value is -3.20. The van der Waals surface area contributed by atoms with Crippen LogP contribution in [0.25, 0.3) is 5.65 Å². The van der Waals surface area contributed by atoms with E-state index >= 15 is 0 Å². The SMILES string of the molecule is NC(=O)c1ncc(N[C@@H]2CCCC[C@@H]2N)cc1Nc1ccc2nccn2n1. The maximum absolute atomic E-state index is 11.8. The molecule has 0 unspecified atom stereocenters. The number of nitrogens with zero attached hydrogens (tertiary/aromatic N) is 4. The van der Waals surface area contributed by atoms with Gasteiger partial charge < -0.3 is 22.1 Å². The summed E-state index contributed by atoms with van der Waals surface area (Å²) in [5.74, 6) is -0.0570. The number of rotatable bonds is 5. The van der Waals surface area contributed by atoms with Gasteiger partial charge in [-0.1, -0.05) is 12.8 Å². The summed E-state index contributed by atoms with van der Waals surface area (Å²) in [4.78, 5) is 20.2. The van der Waals surface area contributed by atoms with Gasteiger partial charge in [0.1, 0.15) is 0 Å². The van der Waals surface area contributed by atoms with Crippen molar-refractivity contribution in [3.63, 3.8) is 0 Å². The molecule has 27 heavy (non-hydrogen) atoms. The fourth-order valence-corrected chi connectivity index (χ4v) is 3.41. The molecule has 140 valence electrons. The molecule has 0 aliphatic heterocycles. The number of hydrogen-bond donors (Lipinski definition) is 4. The van der Waals surface area contributed by atoms with E-state index in [4.69, 9.17) is 11.5 Å². The van der Waals surface area contributed by atoms with Crippen LogP contribution < -0.4 is 22.1 Å². The minimum atomic E-state index is -0.609. The highest BCUT2D eigenvalue weighted by Gasteiger charge is 2.22. The highest BCUT2D eigenvalue weighted by Crippen LogP contribution is 2.25. The van der Waals surface area contributed by atoms with Gasteiger partial charge in [-0.3, -0.25) is 4.79 Å². The van der Waals surface area contributed by atoms with Gasteiger partial charge in [-0.25, -0.2) is 14.5 Å². The molecule has 1 aliphatic carbocycles. The zero-order valence-corrected chi connectivity index (χ0v) is 14.8. The summed E-state index contributed by atoms with van der Waals surface area (Å²) in [7, 11) is 0. The second-order valence-electron chi connectivity index (χ2n) is 6.76. The molecular formula is C18H22N8O. The van der Waals surface area contributed by atoms with Crippen molar-refractivity contribution in [2.24, 2.45) is 11.5 Å². The summed E-state index contributed by atoms with van der Waals surface area (Å²) >= 11 is 0. The molecule has 1 aliphatic rings. The van der Waals surface area contributed by atoms with Gasteiger partial charge in [-0.2, -0.15) is 0 Å². The van der Waals surface area contributed by atoms with Crippen molar-refractivity contribution in [1.29, 1.82) is 0 Å². The van der Waals surface area contributed by atoms with Crippen LogP contribution in [0, 0.1) is 0 Å². The molecule has 0 saturated heterocycles. The number of primary amides is 1. The fraction of sp³-hybridized carbons (Fsp3) is 0.333. The molecule has 3 aromatic rings. The van der Waals surface area contributed by atoms with Gasteiger partial charge in [0.25, 0.3) is 5.91 Å². The number of imidazole rings is 1. The zero-order chi connectivity index (χ0) is 18.8. The molecule has 0 bridgehead atoms. The van der Waals surface area contributed by atoms with Crippen LogP contribution in [0.1, 0.15) is 36.2 Å². The molecule has 0 spiro atoms. The molecular weight excluding hydrogens is 344 g/mol. The number of nitrogens with two attached hydrogens (primary N) is 2. The first kappa shape index (κ1) is 17.2. The molecule has 0 radical (unpaired) electrons. The van der Waals surface area contributed by atoms with Crippen LogP contribution in [0.15, 0.2) is 36.8 Å². The Labute approximate surface area is 156 Å². The van der Waals surface area contributed by atoms with Crippen LogP contribution in [-0.4, -0.2) is 37.6 Å². The monoisotopic (exact) mass is 366 g/mol. The predicted octanol–water partition coefficient (Wildman–Crippen LogP) is 1.65. The number of hydrogen-bond acceptors (Lipinski definition) is 7. The quantitative estimate of drug-likeness (QED) is 0.539. The summed E-state index contributed by atoms with van der Waals surface area (Å²) < 4.78 is 1.64. The van der Waals surface area contributed by atoms with Crippen LogP contribution >= 0.6 is 0 Å². The van der Waals surface area contributed by atoms with E-state index < -0.39 is 5.91 Å². The number of amides is 1. The van der Waals surface area contributed by atoms with E-state index in [9.17, 15) is 4.79 Å². The number of pyridine rings is 1. The van der Waals surface area contributed by atoms with Crippen molar-refractivity contribution in [3.05, 3.63) is 42.5 Å². The van der Waals surface area contributed by atoms with E-state index in [0.717, 1.165) is 37.0 Å². The van der Waals surface area contributed by atoms with Gasteiger partial charge in [0.05, 0.1) is 17.6 Å². The number of aromatic nitrogens is 4. The third-order valence-corrected chi connectivity index (χ3v) is 4.81. The van der Waals surface area contributed by atoms with Gasteiger partial charge in [-0.05, 0) is 31.0 Å². The maximum Gasteiger partial charge on any atom is 0.269 e. The Balaban J connectivity index is 1.61. The van der Waals surface area contributed by atoms with Crippen LogP contribution in [0.4, 0.5) is 17.2 Å². The third kappa shape index (κ3) is 3.68. The predicted molar refractivity (Wildman–Crippen MR) is 103 cm³/mol. The van der Waals surface area contributed by atoms with E-state index in [1.165, 1.54) is 0 Å². The summed E-state index contributed by atoms with van der Waals surface area (Å²) in [6, 6.07) is 5.72. The van der Waals surface area contributed by atoms with Crippen molar-refractivity contribution in [1.82, 2.24) is 19.6 Å². The number of nitrogens with one attached hydrogen (secondary N) is 2. The van der Waals surface area contributed by atoms with Crippen LogP contribution in [0.2, 0.25) is 0 Å². The standard InChI is InChI=1S/C18H22N8O/c19-12-3-1-2-4-13(12)23-11-9-14(17(18(20)27)22-10-11)24-15-5-6-16-21-7-8-26(16)25-15/h5-10,12-13,23H,1-4,19H2,(H2,20,27)(H,24,25)/t12-,13+/m0/s1. The minimum Gasteiger partial charge on any atom is -0.379 e. The van der Waals surface area contributed by atoms with E-state index in [1.807, 2.05) is 12.1 Å². The van der Waals surface area contributed by atoms with E-state index in [2.05, 4.69) is 25.7 Å². The smallest absolute Gasteiger partial charge is 0.269 e. The average molecular weight is 366 g/mol. The molecule has 1 saturated carbocycles. The lowest BCUT2D eigenvalue weighted by atomic mass is 9.91. The first-order valence-corrected chi connectivity index (χ1v) is 8.99. The largest absolute Gasteiger partial charge is 0.379 e. The number of anilines is 3. The van der Waals surface area contributed by atoms with Gasteiger partial charge >= 0.3 is 0 Å². The Kier molecular flexibility index (Phi) is 4.59. The first-order chi connectivity index (χ1) is 13.1. The second-order valence-corrected chi connectivity index (χ2v) is 6.76. The van der Waals surface area contributed by atoms with Crippen LogP contribution in [-0.2, 0) is 0 Å². The summed E-state index contributed by atoms with van der Waals surface area (Å²) in [5.41, 5.74) is 13.9. The Morgan fingerprint density at radius 2 is 2.07 bits per heavy atom. The molecule has 1 fully saturated rings. The lowest BCUT2D eigenvalue weighted by Crippen LogP contribution is -2.42. The lowest BCUT2D eigenvalue weighted by Gasteiger charge is -2.30. The second kappa shape index (κ2) is 7.20. The molecule has 4 rings (SSSR count). The van der Waals surface area contributed by atoms with Crippen LogP contribution in [0.3, 0.4) is 0 Å². The van der Waals surface area contributed by atoms with Gasteiger partial charge in [0, 0.05) is 24.5 Å². The molecule has 3 heterocycles. The van der Waals surface area contributed by atoms with Crippen molar-refractivity contribution >= 4 is 28.7 Å². The Morgan fingerprint density at radius 1 is 1.22 bits per heavy atom. The topological polar surface area (TPSA) is 136 Å². The highest BCUT2D eigenvalue weighted by molar-refractivity contribution is 5.97. The van der Waals surface area contributed by atoms with E-state index in [-0.39, 0.29) is 17.8 Å². The number of carbonyl (C=O) groups is 1. The van der Waals surface area contributed by atoms with E-state index in [0.29, 0.717) is 11.5 Å². The minimum absolute atomic E-state index is 0.108. The highest BCUT2D eigenvalue weighted by atomic mass is 16.1. The van der Waals surface area contributed by atoms with Crippen molar-refractivity contribution < 1.29 is 4.79 Å². The average Bonchev–Trinajstić information content (AvgIpc) is 3.11. The lowest BCUT2D eigenvalue weighted by molar-refractivity contribution is 0.0996. The Morgan fingerprint density at radius 3 is 2.89 bits per heavy atom. The molecule has 9 nitrogen and oxygen atoms in total. The molecule has 2 atom stereocenters. The maximum atomic E-state index is 11.8. The van der Waals surface area contributed by atoms with Crippen molar-refractivity contribution in [3.8, 4) is 0 Å². The summed E-state index contributed by atoms with van der Waals surface area (Å²) in [6.45, 7) is 0. The molecule has 3 aromatic heterocycles. The van der Waals surface area contributed by atoms with Gasteiger partial charge in [0.15, 0.2) is 17.2 Å². The third-order valence-electron chi connectivity index (χ3n) is 4.81. The molecule has 1 amide bonds. The van der Waals surface area contributed by atoms with Gasteiger partial charge in [0.2, 0.25) is 0 Å². The number of fused-ring (bicyclic) bond motifs is 1. The van der Waals surface area contributed by atoms with Gasteiger partial charge in [-0.15, -0.1) is 5.10 Å². The normalized spacial score (nSPS) is 19.7. The van der Waals surface area contributed by atoms with Crippen LogP contribution in [0.5, 0.6) is 0 Å². The zero-order valence-electron chi connectivity index (χ0n) is 14.8. The summed E-state index contributed by atoms with van der Waals surface area (Å²) in [6.07, 6.45) is 9.35. The van der Waals surface area contributed by atoms with Crippen molar-refractivity contribution in [2.75, 3.05) is 10.6 Å². The van der Waals surface area contributed by atoms with E-state index in [1.54, 1.807) is 29.2 Å². The summed E-state index contributed by atoms with van der Waals surface area (Å²) in [5, 5.41) is 11.0. The Bertz CT molecular complexity index is 969. The number of carbonyl (C=O) groups excluding carboxylic acids is 1. The van der Waals surface area contributed by atoms with Crippen molar-refractivity contribution in [2.45, 2.75) is 37.8 Å².